The molecule has 0 aromatic carbocycles. The minimum Gasteiger partial charge on any atom is -0.735 e. The molecule has 0 spiro atoms. The lowest BCUT2D eigenvalue weighted by Gasteiger charge is -2.35. The van der Waals surface area contributed by atoms with E-state index in [2.05, 4.69) is 8.37 Å². The highest BCUT2D eigenvalue weighted by Crippen LogP contribution is 2.20. The molecular formula is C6H11NO12S3-2. The summed E-state index contributed by atoms with van der Waals surface area (Å²) in [6.07, 6.45) is -3.21. The molecule has 16 heteroatoms. The molecule has 0 saturated carbocycles. The number of nitrogens with one attached hydrogen (secondary N) is 1. The van der Waals surface area contributed by atoms with Gasteiger partial charge in [0.1, 0.15) is 6.10 Å². The van der Waals surface area contributed by atoms with Gasteiger partial charge in [-0.15, -0.1) is 0 Å². The zero-order valence-corrected chi connectivity index (χ0v) is 13.0. The molecular weight excluding hydrogens is 374 g/mol. The van der Waals surface area contributed by atoms with Crippen LogP contribution in [0.3, 0.4) is 0 Å². The summed E-state index contributed by atoms with van der Waals surface area (Å²) in [5.74, 6) is 0. The molecule has 0 aromatic heterocycles. The average molecular weight is 385 g/mol. The molecule has 1 rings (SSSR count). The van der Waals surface area contributed by atoms with Crippen molar-refractivity contribution >= 4 is 31.1 Å². The largest absolute Gasteiger partial charge is 0.735 e. The van der Waals surface area contributed by atoms with Crippen LogP contribution in [0.4, 0.5) is 0 Å². The first kappa shape index (κ1) is 19.6. The molecule has 1 aliphatic heterocycles. The Labute approximate surface area is 126 Å². The van der Waals surface area contributed by atoms with Crippen molar-refractivity contribution in [1.29, 1.82) is 0 Å². The van der Waals surface area contributed by atoms with Crippen LogP contribution in [0.25, 0.3) is 0 Å². The Kier molecular flexibility index (Phi) is 6.23. The third kappa shape index (κ3) is 8.27. The van der Waals surface area contributed by atoms with Crippen molar-refractivity contribution in [3.8, 4) is 0 Å². The van der Waals surface area contributed by atoms with Crippen molar-refractivity contribution in [2.24, 2.45) is 0 Å². The Morgan fingerprint density at radius 3 is 2.23 bits per heavy atom. The lowest BCUT2D eigenvalue weighted by atomic mass is 10.0. The third-order valence-electron chi connectivity index (χ3n) is 2.39. The molecule has 0 bridgehead atoms. The van der Waals surface area contributed by atoms with Crippen LogP contribution in [0.15, 0.2) is 0 Å². The molecule has 1 heterocycles. The maximum Gasteiger partial charge on any atom is 0.397 e. The molecule has 132 valence electrons. The number of hydrogen-bond acceptors (Lipinski definition) is 11. The van der Waals surface area contributed by atoms with Crippen LogP contribution >= 0.6 is 0 Å². The monoisotopic (exact) mass is 385 g/mol. The number of ether oxygens (including phenoxy) is 1. The highest BCUT2D eigenvalue weighted by molar-refractivity contribution is 7.83. The fraction of sp³-hybridized carbons (Fsp3) is 1.00. The topological polar surface area (TPSA) is 208 Å². The molecule has 13 nitrogen and oxygen atoms in total. The van der Waals surface area contributed by atoms with Crippen molar-refractivity contribution in [1.82, 2.24) is 4.72 Å². The van der Waals surface area contributed by atoms with Crippen molar-refractivity contribution in [3.05, 3.63) is 0 Å². The van der Waals surface area contributed by atoms with E-state index in [1.807, 2.05) is 0 Å². The maximum atomic E-state index is 10.7. The van der Waals surface area contributed by atoms with E-state index in [0.717, 1.165) is 0 Å². The van der Waals surface area contributed by atoms with Gasteiger partial charge in [-0.05, 0) is 0 Å². The molecule has 2 unspecified atom stereocenters. The highest BCUT2D eigenvalue weighted by Gasteiger charge is 2.36. The maximum absolute atomic E-state index is 10.7. The molecule has 1 saturated heterocycles. The summed E-state index contributed by atoms with van der Waals surface area (Å²) in [6, 6.07) is -1.45. The third-order valence-corrected chi connectivity index (χ3v) is 3.90. The first-order valence-corrected chi connectivity index (χ1v) is 9.46. The molecule has 0 aliphatic carbocycles. The molecule has 22 heavy (non-hydrogen) atoms. The van der Waals surface area contributed by atoms with Gasteiger partial charge in [-0.3, -0.25) is 8.74 Å². The van der Waals surface area contributed by atoms with E-state index in [4.69, 9.17) is 9.29 Å². The molecule has 0 radical (unpaired) electrons. The summed E-state index contributed by atoms with van der Waals surface area (Å²) in [5, 5.41) is 0. The van der Waals surface area contributed by atoms with Gasteiger partial charge in [0.25, 0.3) is 0 Å². The van der Waals surface area contributed by atoms with Crippen LogP contribution in [-0.2, 0) is 44.2 Å². The smallest absolute Gasteiger partial charge is 0.397 e. The summed E-state index contributed by atoms with van der Waals surface area (Å²) in [6.45, 7) is -1.37. The minimum absolute atomic E-state index is 0.484. The van der Waals surface area contributed by atoms with Crippen molar-refractivity contribution in [3.63, 3.8) is 0 Å². The predicted molar refractivity (Wildman–Crippen MR) is 63.0 cm³/mol. The van der Waals surface area contributed by atoms with Crippen LogP contribution in [0.2, 0.25) is 0 Å². The molecule has 1 aliphatic rings. The second-order valence-electron chi connectivity index (χ2n) is 4.12. The van der Waals surface area contributed by atoms with Gasteiger partial charge >= 0.3 is 10.4 Å². The van der Waals surface area contributed by atoms with E-state index in [9.17, 15) is 34.4 Å². The Balaban J connectivity index is 2.79. The van der Waals surface area contributed by atoms with E-state index in [0.29, 0.717) is 0 Å². The van der Waals surface area contributed by atoms with E-state index in [1.165, 1.54) is 4.72 Å². The molecule has 1 fully saturated rings. The first-order chi connectivity index (χ1) is 9.75. The second kappa shape index (κ2) is 6.99. The Morgan fingerprint density at radius 2 is 1.77 bits per heavy atom. The average Bonchev–Trinajstić information content (AvgIpc) is 2.24. The van der Waals surface area contributed by atoms with Crippen molar-refractivity contribution in [2.75, 3.05) is 13.2 Å². The first-order valence-electron chi connectivity index (χ1n) is 5.36. The van der Waals surface area contributed by atoms with Gasteiger partial charge in [0.15, 0.2) is 10.3 Å². The van der Waals surface area contributed by atoms with Crippen molar-refractivity contribution in [2.45, 2.75) is 24.7 Å². The van der Waals surface area contributed by atoms with Gasteiger partial charge in [-0.2, -0.15) is 8.42 Å². The normalized spacial score (nSPS) is 27.7. The van der Waals surface area contributed by atoms with E-state index < -0.39 is 69.0 Å². The Morgan fingerprint density at radius 1 is 1.18 bits per heavy atom. The zero-order valence-electron chi connectivity index (χ0n) is 10.5. The minimum atomic E-state index is -5.02. The summed E-state index contributed by atoms with van der Waals surface area (Å²) >= 11 is 0. The SMILES string of the molecule is O=S(=O)([O-])NC1COC(COS(=O)(=O)[O-])C[C@@H]1OS(=O)(=O)O. The standard InChI is InChI=1S/C6H13NO12S3/c8-20(9,10)7-5-3-17-4(2-18-21(11,12)13)1-6(5)19-22(14,15)16/h4-7H,1-3H2,(H,8,9,10)(H,11,12,13)(H,14,15,16)/p-2/t4?,5?,6-/m0/s1. The van der Waals surface area contributed by atoms with Crippen LogP contribution in [0, 0.1) is 0 Å². The second-order valence-corrected chi connectivity index (χ2v) is 7.37. The van der Waals surface area contributed by atoms with Crippen LogP contribution in [0.5, 0.6) is 0 Å². The van der Waals surface area contributed by atoms with Crippen molar-refractivity contribution < 1.29 is 52.0 Å². The summed E-state index contributed by atoms with van der Waals surface area (Å²) in [7, 11) is -15.0. The molecule has 3 atom stereocenters. The lowest BCUT2D eigenvalue weighted by Crippen LogP contribution is -2.53. The number of hydrogen-bond donors (Lipinski definition) is 2. The molecule has 2 N–H and O–H groups in total. The van der Waals surface area contributed by atoms with Crippen LogP contribution in [0.1, 0.15) is 6.42 Å². The van der Waals surface area contributed by atoms with Gasteiger partial charge in [0.05, 0.1) is 25.4 Å². The van der Waals surface area contributed by atoms with Gasteiger partial charge in [-0.25, -0.2) is 25.7 Å². The fourth-order valence-corrected chi connectivity index (χ4v) is 3.11. The molecule has 0 aromatic rings. The lowest BCUT2D eigenvalue weighted by molar-refractivity contribution is -0.0690. The quantitative estimate of drug-likeness (QED) is 0.329. The Bertz CT molecular complexity index is 680. The Hall–Kier alpha value is -0.430. The van der Waals surface area contributed by atoms with Crippen LogP contribution < -0.4 is 4.72 Å². The summed E-state index contributed by atoms with van der Waals surface area (Å²) in [5.41, 5.74) is 0. The van der Waals surface area contributed by atoms with E-state index >= 15 is 0 Å². The van der Waals surface area contributed by atoms with Gasteiger partial charge in [-0.1, -0.05) is 0 Å². The fourth-order valence-electron chi connectivity index (χ4n) is 1.67. The van der Waals surface area contributed by atoms with Gasteiger partial charge in [0, 0.05) is 6.42 Å². The van der Waals surface area contributed by atoms with Crippen LogP contribution in [-0.4, -0.2) is 70.4 Å². The predicted octanol–water partition coefficient (Wildman–Crippen LogP) is -3.14. The van der Waals surface area contributed by atoms with Gasteiger partial charge in [0.2, 0.25) is 10.4 Å². The van der Waals surface area contributed by atoms with E-state index in [1.54, 1.807) is 0 Å². The molecule has 0 amide bonds. The number of rotatable bonds is 7. The summed E-state index contributed by atoms with van der Waals surface area (Å²) < 4.78 is 107. The zero-order chi connectivity index (χ0) is 17.2. The highest BCUT2D eigenvalue weighted by atomic mass is 32.3. The van der Waals surface area contributed by atoms with Gasteiger partial charge < -0.3 is 13.8 Å². The van der Waals surface area contributed by atoms with E-state index in [-0.39, 0.29) is 0 Å². The summed E-state index contributed by atoms with van der Waals surface area (Å²) in [4.78, 5) is 0.